The largest absolute Gasteiger partial charge is 0.431 e. The van der Waals surface area contributed by atoms with Gasteiger partial charge in [-0.3, -0.25) is 0 Å². The number of hydrogen-bond donors (Lipinski definition) is 0. The van der Waals surface area contributed by atoms with Crippen LogP contribution in [0.4, 0.5) is 0 Å². The molecule has 66 valence electrons. The van der Waals surface area contributed by atoms with Crippen LogP contribution in [-0.2, 0) is 0 Å². The van der Waals surface area contributed by atoms with E-state index in [0.717, 1.165) is 15.0 Å². The van der Waals surface area contributed by atoms with Gasteiger partial charge in [0.15, 0.2) is 5.76 Å². The molecule has 0 saturated heterocycles. The Labute approximate surface area is 103 Å². The average molecular weight is 397 g/mol. The second-order valence-electron chi connectivity index (χ2n) is 2.45. The first kappa shape index (κ1) is 9.45. The molecule has 0 atom stereocenters. The van der Waals surface area contributed by atoms with Gasteiger partial charge in [-0.25, -0.2) is 0 Å². The van der Waals surface area contributed by atoms with Crippen LogP contribution in [0.15, 0.2) is 34.7 Å². The molecular weight excluding hydrogens is 392 g/mol. The van der Waals surface area contributed by atoms with Crippen LogP contribution in [0.3, 0.4) is 0 Å². The van der Waals surface area contributed by atoms with Gasteiger partial charge in [0.1, 0.15) is 3.70 Å². The zero-order valence-electron chi connectivity index (χ0n) is 6.50. The van der Waals surface area contributed by atoms with E-state index in [9.17, 15) is 0 Å². The standard InChI is InChI=1S/C9H5I2NO/c10-8-7(13-9(11)12-8)6-4-2-1-3-5-6/h1-5H. The molecule has 2 rings (SSSR count). The maximum atomic E-state index is 5.47. The fraction of sp³-hybridized carbons (Fsp3) is 0. The minimum Gasteiger partial charge on any atom is -0.431 e. The van der Waals surface area contributed by atoms with Crippen molar-refractivity contribution in [2.45, 2.75) is 0 Å². The molecule has 4 heteroatoms. The second kappa shape index (κ2) is 3.95. The molecule has 0 saturated carbocycles. The highest BCUT2D eigenvalue weighted by molar-refractivity contribution is 14.1. The summed E-state index contributed by atoms with van der Waals surface area (Å²) in [6, 6.07) is 9.98. The Hall–Kier alpha value is -0.110. The molecule has 0 aliphatic carbocycles. The molecule has 1 aromatic carbocycles. The summed E-state index contributed by atoms with van der Waals surface area (Å²) >= 11 is 4.25. The minimum atomic E-state index is 0.681. The molecule has 13 heavy (non-hydrogen) atoms. The normalized spacial score (nSPS) is 10.3. The van der Waals surface area contributed by atoms with Crippen molar-refractivity contribution in [3.63, 3.8) is 0 Å². The van der Waals surface area contributed by atoms with Gasteiger partial charge in [0.25, 0.3) is 3.90 Å². The summed E-state index contributed by atoms with van der Waals surface area (Å²) in [6.45, 7) is 0. The van der Waals surface area contributed by atoms with Crippen molar-refractivity contribution < 1.29 is 4.42 Å². The molecule has 0 aliphatic heterocycles. The summed E-state index contributed by atoms with van der Waals surface area (Å²) in [7, 11) is 0. The van der Waals surface area contributed by atoms with Crippen LogP contribution in [-0.4, -0.2) is 4.98 Å². The first-order valence-electron chi connectivity index (χ1n) is 3.64. The Kier molecular flexibility index (Phi) is 2.87. The Morgan fingerprint density at radius 1 is 1.08 bits per heavy atom. The number of aromatic nitrogens is 1. The summed E-state index contributed by atoms with van der Waals surface area (Å²) in [5.74, 6) is 0.852. The lowest BCUT2D eigenvalue weighted by atomic mass is 10.2. The lowest BCUT2D eigenvalue weighted by molar-refractivity contribution is 0.538. The maximum absolute atomic E-state index is 5.47. The molecule has 0 N–H and O–H groups in total. The third kappa shape index (κ3) is 2.04. The van der Waals surface area contributed by atoms with Gasteiger partial charge >= 0.3 is 0 Å². The summed E-state index contributed by atoms with van der Waals surface area (Å²) in [5.41, 5.74) is 1.07. The lowest BCUT2D eigenvalue weighted by Gasteiger charge is -1.94. The Morgan fingerprint density at radius 2 is 1.77 bits per heavy atom. The van der Waals surface area contributed by atoms with Crippen molar-refractivity contribution >= 4 is 45.2 Å². The van der Waals surface area contributed by atoms with E-state index in [1.165, 1.54) is 0 Å². The first-order chi connectivity index (χ1) is 6.27. The van der Waals surface area contributed by atoms with Crippen LogP contribution in [0.1, 0.15) is 0 Å². The molecule has 1 aromatic heterocycles. The van der Waals surface area contributed by atoms with Crippen LogP contribution >= 0.6 is 45.2 Å². The van der Waals surface area contributed by atoms with Crippen molar-refractivity contribution in [3.05, 3.63) is 37.9 Å². The molecule has 0 fully saturated rings. The predicted octanol–water partition coefficient (Wildman–Crippen LogP) is 3.55. The minimum absolute atomic E-state index is 0.681. The van der Waals surface area contributed by atoms with E-state index < -0.39 is 0 Å². The molecule has 0 amide bonds. The zero-order chi connectivity index (χ0) is 9.26. The quantitative estimate of drug-likeness (QED) is 0.689. The van der Waals surface area contributed by atoms with E-state index in [2.05, 4.69) is 50.2 Å². The molecule has 0 unspecified atom stereocenters. The molecule has 2 nitrogen and oxygen atoms in total. The molecular formula is C9H5I2NO. The van der Waals surface area contributed by atoms with E-state index in [1.54, 1.807) is 0 Å². The monoisotopic (exact) mass is 397 g/mol. The van der Waals surface area contributed by atoms with Crippen LogP contribution in [0.25, 0.3) is 11.3 Å². The first-order valence-corrected chi connectivity index (χ1v) is 5.80. The molecule has 2 aromatic rings. The molecule has 1 heterocycles. The smallest absolute Gasteiger partial charge is 0.258 e. The zero-order valence-corrected chi connectivity index (χ0v) is 10.8. The van der Waals surface area contributed by atoms with Crippen molar-refractivity contribution in [1.82, 2.24) is 4.98 Å². The fourth-order valence-corrected chi connectivity index (χ4v) is 2.61. The predicted molar refractivity (Wildman–Crippen MR) is 67.4 cm³/mol. The van der Waals surface area contributed by atoms with Crippen LogP contribution in [0.2, 0.25) is 0 Å². The van der Waals surface area contributed by atoms with Crippen LogP contribution in [0, 0.1) is 7.60 Å². The van der Waals surface area contributed by atoms with Gasteiger partial charge in [-0.05, 0) is 22.6 Å². The number of hydrogen-bond acceptors (Lipinski definition) is 2. The topological polar surface area (TPSA) is 26.0 Å². The van der Waals surface area contributed by atoms with Crippen molar-refractivity contribution in [3.8, 4) is 11.3 Å². The van der Waals surface area contributed by atoms with E-state index in [1.807, 2.05) is 30.3 Å². The van der Waals surface area contributed by atoms with Gasteiger partial charge in [-0.15, -0.1) is 0 Å². The summed E-state index contributed by atoms with van der Waals surface area (Å²) in [6.07, 6.45) is 0. The number of halogens is 2. The number of benzene rings is 1. The van der Waals surface area contributed by atoms with E-state index >= 15 is 0 Å². The molecule has 0 spiro atoms. The molecule has 0 bridgehead atoms. The highest BCUT2D eigenvalue weighted by Crippen LogP contribution is 2.26. The van der Waals surface area contributed by atoms with Crippen LogP contribution < -0.4 is 0 Å². The molecule has 0 radical (unpaired) electrons. The maximum Gasteiger partial charge on any atom is 0.258 e. The van der Waals surface area contributed by atoms with E-state index in [4.69, 9.17) is 4.42 Å². The van der Waals surface area contributed by atoms with E-state index in [0.29, 0.717) is 3.90 Å². The average Bonchev–Trinajstić information content (AvgIpc) is 2.47. The Morgan fingerprint density at radius 3 is 2.31 bits per heavy atom. The number of nitrogens with zero attached hydrogens (tertiary/aromatic N) is 1. The summed E-state index contributed by atoms with van der Waals surface area (Å²) in [4.78, 5) is 4.19. The lowest BCUT2D eigenvalue weighted by Crippen LogP contribution is -1.76. The van der Waals surface area contributed by atoms with Gasteiger partial charge < -0.3 is 4.42 Å². The van der Waals surface area contributed by atoms with Gasteiger partial charge in [-0.1, -0.05) is 30.3 Å². The highest BCUT2D eigenvalue weighted by Gasteiger charge is 2.09. The van der Waals surface area contributed by atoms with Gasteiger partial charge in [-0.2, -0.15) is 4.98 Å². The van der Waals surface area contributed by atoms with Gasteiger partial charge in [0, 0.05) is 28.2 Å². The van der Waals surface area contributed by atoms with Gasteiger partial charge in [0.2, 0.25) is 0 Å². The molecule has 0 aliphatic rings. The fourth-order valence-electron chi connectivity index (χ4n) is 1.04. The SMILES string of the molecule is Ic1nc(I)c(-c2ccccc2)o1. The van der Waals surface area contributed by atoms with Crippen molar-refractivity contribution in [2.75, 3.05) is 0 Å². The summed E-state index contributed by atoms with van der Waals surface area (Å²) < 4.78 is 7.06. The highest BCUT2D eigenvalue weighted by atomic mass is 127. The Balaban J connectivity index is 2.53. The third-order valence-corrected chi connectivity index (χ3v) is 2.79. The Bertz CT molecular complexity index is 411. The summed E-state index contributed by atoms with van der Waals surface area (Å²) in [5, 5.41) is 0. The number of rotatable bonds is 1. The van der Waals surface area contributed by atoms with Crippen molar-refractivity contribution in [1.29, 1.82) is 0 Å². The third-order valence-electron chi connectivity index (χ3n) is 1.60. The van der Waals surface area contributed by atoms with Gasteiger partial charge in [0.05, 0.1) is 0 Å². The second-order valence-corrected chi connectivity index (χ2v) is 4.40. The van der Waals surface area contributed by atoms with Crippen molar-refractivity contribution in [2.24, 2.45) is 0 Å². The number of oxazole rings is 1. The van der Waals surface area contributed by atoms with E-state index in [-0.39, 0.29) is 0 Å². The van der Waals surface area contributed by atoms with Crippen LogP contribution in [0.5, 0.6) is 0 Å².